The molecule has 9 heteroatoms. The van der Waals surface area contributed by atoms with Crippen molar-refractivity contribution in [2.75, 3.05) is 47.5 Å². The van der Waals surface area contributed by atoms with E-state index in [1.165, 1.54) is 167 Å². The van der Waals surface area contributed by atoms with Crippen LogP contribution in [0.1, 0.15) is 258 Å². The monoisotopic (exact) mass is 1080 g/mol. The van der Waals surface area contributed by atoms with E-state index in [4.69, 9.17) is 18.9 Å². The summed E-state index contributed by atoms with van der Waals surface area (Å²) in [6.45, 7) is 4.64. The lowest BCUT2D eigenvalue weighted by Crippen LogP contribution is -2.40. The number of hydrogen-bond acceptors (Lipinski definition) is 7. The zero-order valence-electron chi connectivity index (χ0n) is 50.3. The van der Waals surface area contributed by atoms with E-state index in [1.807, 2.05) is 33.3 Å². The average Bonchev–Trinajstić information content (AvgIpc) is 3.40. The second-order valence-electron chi connectivity index (χ2n) is 22.0. The summed E-state index contributed by atoms with van der Waals surface area (Å²) in [6, 6.07) is 0. The molecule has 77 heavy (non-hydrogen) atoms. The second-order valence-corrected chi connectivity index (χ2v) is 22.0. The molecule has 0 saturated heterocycles. The molecule has 0 amide bonds. The Morgan fingerprint density at radius 3 is 1.17 bits per heavy atom. The molecule has 0 aromatic heterocycles. The van der Waals surface area contributed by atoms with Crippen LogP contribution in [0.25, 0.3) is 0 Å². The van der Waals surface area contributed by atoms with Crippen molar-refractivity contribution in [2.45, 2.75) is 270 Å². The quantitative estimate of drug-likeness (QED) is 0.0211. The van der Waals surface area contributed by atoms with Crippen molar-refractivity contribution in [2.24, 2.45) is 0 Å². The van der Waals surface area contributed by atoms with E-state index in [2.05, 4.69) is 92.8 Å². The molecule has 0 saturated carbocycles. The van der Waals surface area contributed by atoms with E-state index >= 15 is 0 Å². The molecule has 0 spiro atoms. The van der Waals surface area contributed by atoms with Crippen molar-refractivity contribution < 1.29 is 42.9 Å². The molecule has 0 rings (SSSR count). The Morgan fingerprint density at radius 1 is 0.416 bits per heavy atom. The third-order valence-electron chi connectivity index (χ3n) is 13.4. The fraction of sp³-hybridized carbons (Fsp3) is 0.721. The minimum absolute atomic E-state index is 0.0255. The third-order valence-corrected chi connectivity index (χ3v) is 13.4. The summed E-state index contributed by atoms with van der Waals surface area (Å²) in [5, 5.41) is 9.68. The van der Waals surface area contributed by atoms with Gasteiger partial charge in [0.15, 0.2) is 6.10 Å². The zero-order chi connectivity index (χ0) is 56.2. The number of rotatable bonds is 57. The van der Waals surface area contributed by atoms with Crippen LogP contribution in [-0.2, 0) is 33.3 Å². The molecule has 0 aliphatic rings. The highest BCUT2D eigenvalue weighted by Crippen LogP contribution is 2.17. The predicted molar refractivity (Wildman–Crippen MR) is 327 cm³/mol. The Morgan fingerprint density at radius 2 is 0.779 bits per heavy atom. The van der Waals surface area contributed by atoms with Crippen molar-refractivity contribution in [3.63, 3.8) is 0 Å². The zero-order valence-corrected chi connectivity index (χ0v) is 50.3. The number of ether oxygens (including phenoxy) is 4. The summed E-state index contributed by atoms with van der Waals surface area (Å²) in [4.78, 5) is 37.3. The van der Waals surface area contributed by atoms with Gasteiger partial charge < -0.3 is 28.5 Å². The number of carboxylic acid groups (broad SMARTS) is 1. The minimum atomic E-state index is -1.54. The highest BCUT2D eigenvalue weighted by Gasteiger charge is 2.25. The number of likely N-dealkylation sites (N-methyl/N-ethyl adjacent to an activating group) is 1. The molecule has 0 aliphatic heterocycles. The summed E-state index contributed by atoms with van der Waals surface area (Å²) in [5.74, 6) is -2.17. The maximum absolute atomic E-state index is 12.8. The molecule has 0 heterocycles. The summed E-state index contributed by atoms with van der Waals surface area (Å²) in [7, 11) is 5.94. The van der Waals surface area contributed by atoms with Gasteiger partial charge in [0.1, 0.15) is 13.2 Å². The fourth-order valence-corrected chi connectivity index (χ4v) is 8.57. The number of unbranched alkanes of at least 4 members (excludes halogenated alkanes) is 27. The third kappa shape index (κ3) is 59.7. The maximum atomic E-state index is 12.8. The van der Waals surface area contributed by atoms with Gasteiger partial charge in [-0.25, -0.2) is 4.79 Å². The van der Waals surface area contributed by atoms with Crippen molar-refractivity contribution in [1.82, 2.24) is 0 Å². The van der Waals surface area contributed by atoms with E-state index in [0.717, 1.165) is 57.8 Å². The van der Waals surface area contributed by atoms with Crippen LogP contribution in [0.5, 0.6) is 0 Å². The second kappa shape index (κ2) is 58.4. The Labute approximate surface area is 473 Å². The summed E-state index contributed by atoms with van der Waals surface area (Å²) >= 11 is 0. The summed E-state index contributed by atoms with van der Waals surface area (Å²) in [5.41, 5.74) is 0. The van der Waals surface area contributed by atoms with Gasteiger partial charge in [0, 0.05) is 6.42 Å². The van der Waals surface area contributed by atoms with Gasteiger partial charge in [-0.3, -0.25) is 9.59 Å². The lowest BCUT2D eigenvalue weighted by Gasteiger charge is -2.25. The van der Waals surface area contributed by atoms with Crippen LogP contribution in [-0.4, -0.2) is 87.4 Å². The molecule has 0 aromatic rings. The molecule has 0 radical (unpaired) electrons. The average molecular weight is 1080 g/mol. The number of nitrogens with zero attached hydrogens (tertiary/aromatic N) is 1. The summed E-state index contributed by atoms with van der Waals surface area (Å²) in [6.07, 6.45) is 77.1. The molecule has 2 unspecified atom stereocenters. The van der Waals surface area contributed by atoms with Crippen LogP contribution in [0.15, 0.2) is 97.2 Å². The molecule has 0 aromatic carbocycles. The molecule has 442 valence electrons. The molecule has 0 fully saturated rings. The standard InChI is InChI=1S/C68H117NO8/c1-6-8-10-12-14-16-18-20-22-23-24-25-26-27-28-29-30-31-32-33-34-35-36-37-38-39-40-41-42-43-45-46-48-50-52-54-56-58-65(70)75-62-64(63-76-68(67(72)73)74-61-60-69(3,4)5)77-66(71)59-57-55-53-51-49-47-44-21-19-17-15-13-11-9-7-2/h9,11,15,17-18,20-21,23-24,26-27,44,49,51,55,57,64,68H,6-8,10,12-14,16,19,22,25,28-43,45-48,50,52-54,56,58-63H2,1-5H3/p+1/b11-9-,17-15-,20-18-,24-23-,27-26-,44-21-,51-49-,57-55-. The molecule has 9 nitrogen and oxygen atoms in total. The van der Waals surface area contributed by atoms with E-state index < -0.39 is 24.3 Å². The van der Waals surface area contributed by atoms with Crippen LogP contribution in [0.4, 0.5) is 0 Å². The van der Waals surface area contributed by atoms with E-state index in [-0.39, 0.29) is 38.6 Å². The van der Waals surface area contributed by atoms with Gasteiger partial charge in [-0.15, -0.1) is 0 Å². The van der Waals surface area contributed by atoms with Gasteiger partial charge in [-0.2, -0.15) is 0 Å². The van der Waals surface area contributed by atoms with Gasteiger partial charge >= 0.3 is 17.9 Å². The van der Waals surface area contributed by atoms with Crippen molar-refractivity contribution in [3.05, 3.63) is 97.2 Å². The van der Waals surface area contributed by atoms with Gasteiger partial charge in [0.2, 0.25) is 0 Å². The minimum Gasteiger partial charge on any atom is -0.477 e. The molecule has 1 N–H and O–H groups in total. The normalized spacial score (nSPS) is 13.4. The van der Waals surface area contributed by atoms with Gasteiger partial charge in [-0.05, 0) is 77.0 Å². The number of esters is 2. The number of allylic oxidation sites excluding steroid dienone is 15. The maximum Gasteiger partial charge on any atom is 0.361 e. The first-order valence-corrected chi connectivity index (χ1v) is 31.4. The number of carbonyl (C=O) groups excluding carboxylic acids is 2. The van der Waals surface area contributed by atoms with Gasteiger partial charge in [0.05, 0.1) is 40.8 Å². The predicted octanol–water partition coefficient (Wildman–Crippen LogP) is 18.9. The molecular formula is C68H118NO8+. The first-order chi connectivity index (χ1) is 37.6. The van der Waals surface area contributed by atoms with Gasteiger partial charge in [0.25, 0.3) is 6.29 Å². The fourth-order valence-electron chi connectivity index (χ4n) is 8.57. The number of hydrogen-bond donors (Lipinski definition) is 1. The highest BCUT2D eigenvalue weighted by atomic mass is 16.7. The lowest BCUT2D eigenvalue weighted by atomic mass is 10.0. The number of aliphatic carboxylic acids is 1. The smallest absolute Gasteiger partial charge is 0.361 e. The van der Waals surface area contributed by atoms with Crippen LogP contribution < -0.4 is 0 Å². The number of carbonyl (C=O) groups is 3. The first kappa shape index (κ1) is 73.2. The largest absolute Gasteiger partial charge is 0.477 e. The SMILES string of the molecule is CC/C=C\C/C=C\C/C=C\C/C=C\C/C=C\CC(=O)OC(COC(=O)CCCCCCCCCCCCCCCCCCCCCCCC/C=C\C/C=C\C/C=C\CCCCCCC)COC(OCC[N+](C)(C)C)C(=O)O. The Bertz CT molecular complexity index is 1580. The van der Waals surface area contributed by atoms with Crippen molar-refractivity contribution in [3.8, 4) is 0 Å². The van der Waals surface area contributed by atoms with Crippen molar-refractivity contribution in [1.29, 1.82) is 0 Å². The lowest BCUT2D eigenvalue weighted by molar-refractivity contribution is -0.870. The Hall–Kier alpha value is -3.79. The van der Waals surface area contributed by atoms with Crippen molar-refractivity contribution >= 4 is 17.9 Å². The van der Waals surface area contributed by atoms with Crippen LogP contribution in [0.2, 0.25) is 0 Å². The van der Waals surface area contributed by atoms with Crippen LogP contribution in [0, 0.1) is 0 Å². The Balaban J connectivity index is 4.05. The topological polar surface area (TPSA) is 108 Å². The van der Waals surface area contributed by atoms with Gasteiger partial charge in [-0.1, -0.05) is 265 Å². The Kier molecular flexibility index (Phi) is 55.5. The van der Waals surface area contributed by atoms with E-state index in [1.54, 1.807) is 6.08 Å². The summed E-state index contributed by atoms with van der Waals surface area (Å²) < 4.78 is 22.7. The van der Waals surface area contributed by atoms with Crippen LogP contribution >= 0.6 is 0 Å². The highest BCUT2D eigenvalue weighted by molar-refractivity contribution is 5.72. The number of carboxylic acids is 1. The molecular weight excluding hydrogens is 959 g/mol. The van der Waals surface area contributed by atoms with E-state index in [0.29, 0.717) is 17.4 Å². The van der Waals surface area contributed by atoms with Crippen LogP contribution in [0.3, 0.4) is 0 Å². The molecule has 0 bridgehead atoms. The number of quaternary nitrogens is 1. The first-order valence-electron chi connectivity index (χ1n) is 31.4. The molecule has 0 aliphatic carbocycles. The molecule has 2 atom stereocenters. The van der Waals surface area contributed by atoms with E-state index in [9.17, 15) is 19.5 Å².